The lowest BCUT2D eigenvalue weighted by molar-refractivity contribution is -0.143. The van der Waals surface area contributed by atoms with E-state index in [9.17, 15) is 17.6 Å². The van der Waals surface area contributed by atoms with Crippen LogP contribution in [0.4, 0.5) is 17.6 Å². The molecular weight excluding hydrogens is 344 g/mol. The number of fused-ring (bicyclic) bond motifs is 1. The molecule has 0 N–H and O–H groups in total. The van der Waals surface area contributed by atoms with Crippen LogP contribution in [-0.2, 0) is 13.0 Å². The minimum absolute atomic E-state index is 0.0387. The summed E-state index contributed by atoms with van der Waals surface area (Å²) in [7, 11) is 0. The fraction of sp³-hybridized carbons (Fsp3) is 0.550. The first kappa shape index (κ1) is 17.6. The molecular formula is C20H22F4N2. The van der Waals surface area contributed by atoms with Gasteiger partial charge in [0.1, 0.15) is 12.4 Å². The van der Waals surface area contributed by atoms with E-state index in [0.717, 1.165) is 41.8 Å². The molecule has 0 bridgehead atoms. The number of nitrogens with zero attached hydrogens (tertiary/aromatic N) is 2. The molecule has 2 aromatic rings. The van der Waals surface area contributed by atoms with Crippen molar-refractivity contribution in [2.45, 2.75) is 70.0 Å². The molecule has 0 saturated heterocycles. The second-order valence-corrected chi connectivity index (χ2v) is 7.68. The summed E-state index contributed by atoms with van der Waals surface area (Å²) in [5.74, 6) is 0.107. The zero-order valence-corrected chi connectivity index (χ0v) is 14.9. The van der Waals surface area contributed by atoms with Crippen LogP contribution in [0.3, 0.4) is 0 Å². The number of rotatable bonds is 3. The van der Waals surface area contributed by atoms with Crippen molar-refractivity contribution in [3.05, 3.63) is 52.1 Å². The normalized spacial score (nSPS) is 23.2. The van der Waals surface area contributed by atoms with Crippen LogP contribution in [0.1, 0.15) is 72.0 Å². The van der Waals surface area contributed by atoms with Gasteiger partial charge in [-0.15, -0.1) is 0 Å². The Kier molecular flexibility index (Phi) is 4.12. The van der Waals surface area contributed by atoms with Crippen molar-refractivity contribution in [2.75, 3.05) is 0 Å². The molecule has 140 valence electrons. The van der Waals surface area contributed by atoms with Gasteiger partial charge >= 0.3 is 6.18 Å². The molecule has 1 fully saturated rings. The number of aromatic nitrogens is 2. The number of halogens is 4. The highest BCUT2D eigenvalue weighted by Gasteiger charge is 2.41. The van der Waals surface area contributed by atoms with Crippen LogP contribution in [0.2, 0.25) is 0 Å². The minimum Gasteiger partial charge on any atom is -0.260 e. The van der Waals surface area contributed by atoms with Gasteiger partial charge in [-0.25, -0.2) is 4.39 Å². The Labute approximate surface area is 150 Å². The maximum atomic E-state index is 14.0. The molecule has 2 aliphatic rings. The van der Waals surface area contributed by atoms with E-state index >= 15 is 0 Å². The quantitative estimate of drug-likeness (QED) is 0.646. The third kappa shape index (κ3) is 3.03. The monoisotopic (exact) mass is 366 g/mol. The van der Waals surface area contributed by atoms with E-state index in [1.54, 1.807) is 13.0 Å². The molecule has 2 aliphatic carbocycles. The number of benzene rings is 1. The average molecular weight is 366 g/mol. The van der Waals surface area contributed by atoms with Crippen LogP contribution in [0, 0.1) is 12.7 Å². The largest absolute Gasteiger partial charge is 0.408 e. The molecule has 1 aromatic carbocycles. The van der Waals surface area contributed by atoms with Crippen molar-refractivity contribution in [2.24, 2.45) is 0 Å². The highest BCUT2D eigenvalue weighted by Crippen LogP contribution is 2.50. The predicted octanol–water partition coefficient (Wildman–Crippen LogP) is 5.60. The number of aryl methyl sites for hydroxylation is 1. The van der Waals surface area contributed by atoms with E-state index in [1.165, 1.54) is 10.7 Å². The molecule has 2 nitrogen and oxygen atoms in total. The third-order valence-electron chi connectivity index (χ3n) is 5.86. The molecule has 0 amide bonds. The Bertz CT molecular complexity index is 833. The summed E-state index contributed by atoms with van der Waals surface area (Å²) in [6, 6.07) is 5.12. The molecule has 0 spiro atoms. The van der Waals surface area contributed by atoms with Crippen molar-refractivity contribution < 1.29 is 17.6 Å². The van der Waals surface area contributed by atoms with Crippen LogP contribution >= 0.6 is 0 Å². The van der Waals surface area contributed by atoms with Gasteiger partial charge in [-0.3, -0.25) is 4.68 Å². The summed E-state index contributed by atoms with van der Waals surface area (Å²) in [4.78, 5) is 0. The highest BCUT2D eigenvalue weighted by molar-refractivity contribution is 5.42. The number of alkyl halides is 3. The van der Waals surface area contributed by atoms with Crippen molar-refractivity contribution in [1.29, 1.82) is 0 Å². The Hall–Kier alpha value is -1.85. The van der Waals surface area contributed by atoms with Gasteiger partial charge in [-0.1, -0.05) is 19.1 Å². The van der Waals surface area contributed by atoms with Gasteiger partial charge < -0.3 is 0 Å². The van der Waals surface area contributed by atoms with E-state index in [0.29, 0.717) is 12.0 Å². The maximum absolute atomic E-state index is 14.0. The summed E-state index contributed by atoms with van der Waals surface area (Å²) in [5.41, 5.74) is 4.16. The SMILES string of the molecule is Cc1c(F)cccc1C1CCc2nn(CC(F)(F)F)c(C3CC3)c2C1C. The van der Waals surface area contributed by atoms with Gasteiger partial charge in [0, 0.05) is 17.2 Å². The van der Waals surface area contributed by atoms with E-state index < -0.39 is 12.7 Å². The summed E-state index contributed by atoms with van der Waals surface area (Å²) < 4.78 is 54.2. The Morgan fingerprint density at radius 3 is 2.58 bits per heavy atom. The topological polar surface area (TPSA) is 17.8 Å². The summed E-state index contributed by atoms with van der Waals surface area (Å²) in [6.45, 7) is 2.81. The predicted molar refractivity (Wildman–Crippen MR) is 90.9 cm³/mol. The van der Waals surface area contributed by atoms with Crippen molar-refractivity contribution in [1.82, 2.24) is 9.78 Å². The fourth-order valence-electron chi connectivity index (χ4n) is 4.49. The van der Waals surface area contributed by atoms with Crippen LogP contribution < -0.4 is 0 Å². The zero-order valence-electron chi connectivity index (χ0n) is 14.9. The van der Waals surface area contributed by atoms with Crippen LogP contribution in [-0.4, -0.2) is 16.0 Å². The number of hydrogen-bond donors (Lipinski definition) is 0. The lowest BCUT2D eigenvalue weighted by Gasteiger charge is -2.31. The Balaban J connectivity index is 1.76. The van der Waals surface area contributed by atoms with Gasteiger partial charge in [-0.2, -0.15) is 18.3 Å². The highest BCUT2D eigenvalue weighted by atomic mass is 19.4. The lowest BCUT2D eigenvalue weighted by Crippen LogP contribution is -2.21. The first-order valence-electron chi connectivity index (χ1n) is 9.17. The summed E-state index contributed by atoms with van der Waals surface area (Å²) >= 11 is 0. The van der Waals surface area contributed by atoms with Gasteiger partial charge in [0.25, 0.3) is 0 Å². The van der Waals surface area contributed by atoms with E-state index in [2.05, 4.69) is 12.0 Å². The molecule has 1 saturated carbocycles. The molecule has 4 rings (SSSR count). The minimum atomic E-state index is -4.28. The number of hydrogen-bond acceptors (Lipinski definition) is 1. The first-order valence-corrected chi connectivity index (χ1v) is 9.17. The van der Waals surface area contributed by atoms with E-state index in [1.807, 2.05) is 6.07 Å². The smallest absolute Gasteiger partial charge is 0.260 e. The second-order valence-electron chi connectivity index (χ2n) is 7.68. The molecule has 1 aromatic heterocycles. The van der Waals surface area contributed by atoms with Crippen molar-refractivity contribution in [3.8, 4) is 0 Å². The molecule has 26 heavy (non-hydrogen) atoms. The van der Waals surface area contributed by atoms with Crippen molar-refractivity contribution >= 4 is 0 Å². The Morgan fingerprint density at radius 1 is 1.19 bits per heavy atom. The van der Waals surface area contributed by atoms with Gasteiger partial charge in [0.05, 0.1) is 5.69 Å². The van der Waals surface area contributed by atoms with Gasteiger partial charge in [0.2, 0.25) is 0 Å². The molecule has 1 heterocycles. The van der Waals surface area contributed by atoms with E-state index in [-0.39, 0.29) is 23.6 Å². The van der Waals surface area contributed by atoms with Gasteiger partial charge in [-0.05, 0) is 61.6 Å². The maximum Gasteiger partial charge on any atom is 0.408 e. The summed E-state index contributed by atoms with van der Waals surface area (Å²) in [5, 5.41) is 4.34. The van der Waals surface area contributed by atoms with Gasteiger partial charge in [0.15, 0.2) is 0 Å². The lowest BCUT2D eigenvalue weighted by atomic mass is 9.73. The van der Waals surface area contributed by atoms with Crippen LogP contribution in [0.5, 0.6) is 0 Å². The first-order chi connectivity index (χ1) is 12.3. The third-order valence-corrected chi connectivity index (χ3v) is 5.86. The molecule has 0 aliphatic heterocycles. The molecule has 2 unspecified atom stereocenters. The van der Waals surface area contributed by atoms with Crippen LogP contribution in [0.15, 0.2) is 18.2 Å². The molecule has 6 heteroatoms. The molecule has 0 radical (unpaired) electrons. The zero-order chi connectivity index (χ0) is 18.6. The standard InChI is InChI=1S/C20H22F4N2/c1-11-14(4-3-5-16(11)21)15-8-9-17-18(12(15)2)19(13-6-7-13)26(25-17)10-20(22,23)24/h3-5,12-13,15H,6-10H2,1-2H3. The van der Waals surface area contributed by atoms with E-state index in [4.69, 9.17) is 0 Å². The fourth-order valence-corrected chi connectivity index (χ4v) is 4.49. The van der Waals surface area contributed by atoms with Crippen molar-refractivity contribution in [3.63, 3.8) is 0 Å². The van der Waals surface area contributed by atoms with Crippen LogP contribution in [0.25, 0.3) is 0 Å². The summed E-state index contributed by atoms with van der Waals surface area (Å²) in [6.07, 6.45) is -1.00. The molecule has 2 atom stereocenters. The second kappa shape index (κ2) is 6.10. The Morgan fingerprint density at radius 2 is 1.92 bits per heavy atom. The average Bonchev–Trinajstić information content (AvgIpc) is 3.31.